The first-order valence-corrected chi connectivity index (χ1v) is 10.1. The summed E-state index contributed by atoms with van der Waals surface area (Å²) in [6.07, 6.45) is 7.84. The third kappa shape index (κ3) is 5.24. The molecule has 0 spiro atoms. The van der Waals surface area contributed by atoms with Crippen molar-refractivity contribution in [1.29, 1.82) is 0 Å². The lowest BCUT2D eigenvalue weighted by molar-refractivity contribution is 0.0283. The minimum Gasteiger partial charge on any atom is -0.468 e. The van der Waals surface area contributed by atoms with Gasteiger partial charge in [0.15, 0.2) is 5.96 Å². The molecule has 6 heteroatoms. The van der Waals surface area contributed by atoms with Crippen LogP contribution in [0.2, 0.25) is 0 Å². The molecular weight excluding hydrogens is 328 g/mol. The lowest BCUT2D eigenvalue weighted by Crippen LogP contribution is -2.45. The van der Waals surface area contributed by atoms with E-state index in [2.05, 4.69) is 35.4 Å². The van der Waals surface area contributed by atoms with Crippen molar-refractivity contribution < 1.29 is 9.15 Å². The molecular formula is C20H34N4O2. The molecule has 0 bridgehead atoms. The predicted molar refractivity (Wildman–Crippen MR) is 104 cm³/mol. The van der Waals surface area contributed by atoms with Gasteiger partial charge in [0.2, 0.25) is 0 Å². The zero-order chi connectivity index (χ0) is 18.2. The van der Waals surface area contributed by atoms with Crippen LogP contribution in [-0.2, 0) is 4.74 Å². The number of guanidine groups is 1. The van der Waals surface area contributed by atoms with Crippen LogP contribution in [0.4, 0.5) is 0 Å². The zero-order valence-electron chi connectivity index (χ0n) is 16.3. The van der Waals surface area contributed by atoms with Crippen molar-refractivity contribution in [3.8, 4) is 0 Å². The SMILES string of the molecule is CCNC(=NCC1(C)CCCO1)NCC(c1ccco1)N1CCCCC1. The van der Waals surface area contributed by atoms with Crippen LogP contribution < -0.4 is 10.6 Å². The first-order valence-electron chi connectivity index (χ1n) is 10.1. The van der Waals surface area contributed by atoms with E-state index < -0.39 is 0 Å². The van der Waals surface area contributed by atoms with Gasteiger partial charge in [0, 0.05) is 19.7 Å². The molecule has 0 radical (unpaired) electrons. The molecule has 0 aliphatic carbocycles. The van der Waals surface area contributed by atoms with Crippen molar-refractivity contribution in [2.45, 2.75) is 57.6 Å². The summed E-state index contributed by atoms with van der Waals surface area (Å²) in [6.45, 7) is 9.70. The average molecular weight is 363 g/mol. The number of piperidine rings is 1. The maximum atomic E-state index is 5.86. The Bertz CT molecular complexity index is 546. The Morgan fingerprint density at radius 2 is 2.12 bits per heavy atom. The van der Waals surface area contributed by atoms with Crippen LogP contribution in [-0.4, -0.2) is 55.8 Å². The molecule has 0 saturated carbocycles. The maximum Gasteiger partial charge on any atom is 0.191 e. The number of rotatable bonds is 7. The molecule has 26 heavy (non-hydrogen) atoms. The number of furan rings is 1. The fraction of sp³-hybridized carbons (Fsp3) is 0.750. The molecule has 2 fully saturated rings. The number of likely N-dealkylation sites (tertiary alicyclic amines) is 1. The van der Waals surface area contributed by atoms with Gasteiger partial charge in [0.1, 0.15) is 5.76 Å². The highest BCUT2D eigenvalue weighted by atomic mass is 16.5. The van der Waals surface area contributed by atoms with Crippen molar-refractivity contribution in [2.24, 2.45) is 4.99 Å². The second kappa shape index (κ2) is 9.42. The van der Waals surface area contributed by atoms with Crippen LogP contribution in [0.15, 0.2) is 27.8 Å². The van der Waals surface area contributed by atoms with Crippen LogP contribution in [0.25, 0.3) is 0 Å². The van der Waals surface area contributed by atoms with Gasteiger partial charge in [-0.2, -0.15) is 0 Å². The lowest BCUT2D eigenvalue weighted by atomic mass is 10.0. The molecule has 3 heterocycles. The number of ether oxygens (including phenoxy) is 1. The van der Waals surface area contributed by atoms with E-state index in [0.717, 1.165) is 57.3 Å². The molecule has 6 nitrogen and oxygen atoms in total. The average Bonchev–Trinajstić information content (AvgIpc) is 3.33. The Balaban J connectivity index is 1.62. The van der Waals surface area contributed by atoms with Crippen molar-refractivity contribution in [3.63, 3.8) is 0 Å². The topological polar surface area (TPSA) is 62.0 Å². The third-order valence-corrected chi connectivity index (χ3v) is 5.38. The largest absolute Gasteiger partial charge is 0.468 e. The second-order valence-corrected chi connectivity index (χ2v) is 7.61. The van der Waals surface area contributed by atoms with E-state index in [-0.39, 0.29) is 11.6 Å². The van der Waals surface area contributed by atoms with Crippen molar-refractivity contribution in [1.82, 2.24) is 15.5 Å². The Morgan fingerprint density at radius 3 is 2.77 bits per heavy atom. The summed E-state index contributed by atoms with van der Waals surface area (Å²) in [4.78, 5) is 7.31. The van der Waals surface area contributed by atoms with Crippen LogP contribution >= 0.6 is 0 Å². The van der Waals surface area contributed by atoms with E-state index in [1.54, 1.807) is 6.26 Å². The fourth-order valence-electron chi connectivity index (χ4n) is 3.86. The summed E-state index contributed by atoms with van der Waals surface area (Å²) in [5, 5.41) is 6.89. The number of nitrogens with one attached hydrogen (secondary N) is 2. The number of hydrogen-bond donors (Lipinski definition) is 2. The highest BCUT2D eigenvalue weighted by Gasteiger charge is 2.30. The van der Waals surface area contributed by atoms with Gasteiger partial charge in [-0.25, -0.2) is 0 Å². The highest BCUT2D eigenvalue weighted by molar-refractivity contribution is 5.79. The molecule has 146 valence electrons. The monoisotopic (exact) mass is 362 g/mol. The Labute approximate surface area is 157 Å². The Hall–Kier alpha value is -1.53. The van der Waals surface area contributed by atoms with Crippen LogP contribution in [0, 0.1) is 0 Å². The van der Waals surface area contributed by atoms with Crippen LogP contribution in [0.3, 0.4) is 0 Å². The lowest BCUT2D eigenvalue weighted by Gasteiger charge is -2.33. The van der Waals surface area contributed by atoms with Crippen molar-refractivity contribution in [3.05, 3.63) is 24.2 Å². The van der Waals surface area contributed by atoms with E-state index >= 15 is 0 Å². The van der Waals surface area contributed by atoms with E-state index in [0.29, 0.717) is 6.54 Å². The summed E-state index contributed by atoms with van der Waals surface area (Å²) in [5.74, 6) is 1.89. The molecule has 1 aromatic heterocycles. The molecule has 0 amide bonds. The van der Waals surface area contributed by atoms with Gasteiger partial charge in [0.05, 0.1) is 24.5 Å². The summed E-state index contributed by atoms with van der Waals surface area (Å²) < 4.78 is 11.6. The van der Waals surface area contributed by atoms with Crippen LogP contribution in [0.5, 0.6) is 0 Å². The van der Waals surface area contributed by atoms with E-state index in [9.17, 15) is 0 Å². The maximum absolute atomic E-state index is 5.86. The summed E-state index contributed by atoms with van der Waals surface area (Å²) >= 11 is 0. The van der Waals surface area contributed by atoms with Gasteiger partial charge in [0.25, 0.3) is 0 Å². The Morgan fingerprint density at radius 1 is 1.27 bits per heavy atom. The van der Waals surface area contributed by atoms with Gasteiger partial charge in [-0.1, -0.05) is 6.42 Å². The number of hydrogen-bond acceptors (Lipinski definition) is 4. The van der Waals surface area contributed by atoms with E-state index in [1.165, 1.54) is 19.3 Å². The van der Waals surface area contributed by atoms with Gasteiger partial charge in [-0.15, -0.1) is 0 Å². The highest BCUT2D eigenvalue weighted by Crippen LogP contribution is 2.26. The summed E-state index contributed by atoms with van der Waals surface area (Å²) in [7, 11) is 0. The van der Waals surface area contributed by atoms with Crippen LogP contribution in [0.1, 0.15) is 57.8 Å². The Kier molecular flexibility index (Phi) is 6.97. The molecule has 2 aliphatic rings. The predicted octanol–water partition coefficient (Wildman–Crippen LogP) is 2.93. The standard InChI is InChI=1S/C20H34N4O2/c1-3-21-19(23-16-20(2)10-8-14-26-20)22-15-17(18-9-7-13-25-18)24-11-5-4-6-12-24/h7,9,13,17H,3-6,8,10-12,14-16H2,1-2H3,(H2,21,22,23). The fourth-order valence-corrected chi connectivity index (χ4v) is 3.86. The van der Waals surface area contributed by atoms with Gasteiger partial charge in [-0.05, 0) is 64.8 Å². The second-order valence-electron chi connectivity index (χ2n) is 7.61. The van der Waals surface area contributed by atoms with Crippen molar-refractivity contribution >= 4 is 5.96 Å². The minimum absolute atomic E-state index is 0.115. The molecule has 2 atom stereocenters. The number of aliphatic imine (C=N–C) groups is 1. The first kappa shape index (κ1) is 19.2. The normalized spacial score (nSPS) is 26.0. The molecule has 0 aromatic carbocycles. The van der Waals surface area contributed by atoms with E-state index in [4.69, 9.17) is 14.1 Å². The van der Waals surface area contributed by atoms with Gasteiger partial charge >= 0.3 is 0 Å². The summed E-state index contributed by atoms with van der Waals surface area (Å²) in [5.41, 5.74) is -0.115. The smallest absolute Gasteiger partial charge is 0.191 e. The van der Waals surface area contributed by atoms with E-state index in [1.807, 2.05) is 6.07 Å². The zero-order valence-corrected chi connectivity index (χ0v) is 16.3. The quantitative estimate of drug-likeness (QED) is 0.577. The minimum atomic E-state index is -0.115. The molecule has 3 rings (SSSR count). The number of nitrogens with zero attached hydrogens (tertiary/aromatic N) is 2. The van der Waals surface area contributed by atoms with Gasteiger partial charge in [-0.3, -0.25) is 9.89 Å². The third-order valence-electron chi connectivity index (χ3n) is 5.38. The first-order chi connectivity index (χ1) is 12.7. The molecule has 2 N–H and O–H groups in total. The summed E-state index contributed by atoms with van der Waals surface area (Å²) in [6, 6.07) is 4.30. The molecule has 2 aliphatic heterocycles. The van der Waals surface area contributed by atoms with Gasteiger partial charge < -0.3 is 19.8 Å². The molecule has 1 aromatic rings. The molecule has 2 unspecified atom stereocenters. The van der Waals surface area contributed by atoms with Crippen molar-refractivity contribution in [2.75, 3.05) is 39.3 Å². The molecule has 2 saturated heterocycles.